The molecule has 8 heteroatoms. The molecule has 1 N–H and O–H groups in total. The molecule has 5 nitrogen and oxygen atoms in total. The van der Waals surface area contributed by atoms with Gasteiger partial charge in [-0.1, -0.05) is 6.07 Å². The normalized spacial score (nSPS) is 12.6. The smallest absolute Gasteiger partial charge is 0.417 e. The minimum atomic E-state index is -4.47. The number of rotatable bonds is 5. The van der Waals surface area contributed by atoms with Gasteiger partial charge in [0.15, 0.2) is 6.10 Å². The molecule has 0 radical (unpaired) electrons. The zero-order valence-electron chi connectivity index (χ0n) is 14.0. The van der Waals surface area contributed by atoms with E-state index in [-0.39, 0.29) is 16.8 Å². The third-order valence-corrected chi connectivity index (χ3v) is 3.72. The highest BCUT2D eigenvalue weighted by molar-refractivity contribution is 5.83. The number of benzene rings is 2. The lowest BCUT2D eigenvalue weighted by molar-refractivity contribution is -0.144. The Balaban J connectivity index is 1.80. The van der Waals surface area contributed by atoms with Crippen LogP contribution in [-0.4, -0.2) is 22.2 Å². The van der Waals surface area contributed by atoms with Crippen LogP contribution in [-0.2, 0) is 11.0 Å². The number of aromatic nitrogens is 1. The van der Waals surface area contributed by atoms with Gasteiger partial charge in [-0.2, -0.15) is 13.2 Å². The SMILES string of the molecule is C[C@@H](Oc1ccc(Oc2ccc3c(C(F)(F)F)cccc3n2)cc1)C(=O)O. The fourth-order valence-corrected chi connectivity index (χ4v) is 2.40. The number of carbonyl (C=O) groups is 1. The summed E-state index contributed by atoms with van der Waals surface area (Å²) in [5.74, 6) is -0.231. The number of hydrogen-bond acceptors (Lipinski definition) is 4. The van der Waals surface area contributed by atoms with Crippen molar-refractivity contribution in [1.29, 1.82) is 0 Å². The second kappa shape index (κ2) is 7.14. The molecule has 27 heavy (non-hydrogen) atoms. The van der Waals surface area contributed by atoms with Crippen molar-refractivity contribution in [3.63, 3.8) is 0 Å². The first-order valence-corrected chi connectivity index (χ1v) is 7.88. The van der Waals surface area contributed by atoms with E-state index in [4.69, 9.17) is 14.6 Å². The summed E-state index contributed by atoms with van der Waals surface area (Å²) in [6.45, 7) is 1.40. The van der Waals surface area contributed by atoms with Crippen LogP contribution in [0.2, 0.25) is 0 Å². The molecule has 0 aliphatic rings. The number of fused-ring (bicyclic) bond motifs is 1. The number of aliphatic carboxylic acids is 1. The van der Waals surface area contributed by atoms with Crippen molar-refractivity contribution in [2.75, 3.05) is 0 Å². The Bertz CT molecular complexity index is 971. The van der Waals surface area contributed by atoms with Gasteiger partial charge in [-0.25, -0.2) is 9.78 Å². The number of carboxylic acids is 1. The van der Waals surface area contributed by atoms with Crippen molar-refractivity contribution < 1.29 is 32.5 Å². The van der Waals surface area contributed by atoms with Crippen molar-refractivity contribution in [3.05, 3.63) is 60.2 Å². The third-order valence-electron chi connectivity index (χ3n) is 3.72. The Morgan fingerprint density at radius 2 is 1.70 bits per heavy atom. The van der Waals surface area contributed by atoms with Gasteiger partial charge < -0.3 is 14.6 Å². The highest BCUT2D eigenvalue weighted by Crippen LogP contribution is 2.35. The summed E-state index contributed by atoms with van der Waals surface area (Å²) in [4.78, 5) is 14.9. The molecule has 3 aromatic rings. The summed E-state index contributed by atoms with van der Waals surface area (Å²) in [6.07, 6.45) is -5.46. The van der Waals surface area contributed by atoms with Gasteiger partial charge in [0.25, 0.3) is 0 Å². The molecule has 3 rings (SSSR count). The molecule has 0 amide bonds. The van der Waals surface area contributed by atoms with Gasteiger partial charge in [-0.05, 0) is 49.4 Å². The fraction of sp³-hybridized carbons (Fsp3) is 0.158. The van der Waals surface area contributed by atoms with Gasteiger partial charge in [0.1, 0.15) is 11.5 Å². The summed E-state index contributed by atoms with van der Waals surface area (Å²) in [5, 5.41) is 8.81. The Morgan fingerprint density at radius 1 is 1.04 bits per heavy atom. The minimum Gasteiger partial charge on any atom is -0.479 e. The Labute approximate surface area is 152 Å². The van der Waals surface area contributed by atoms with Crippen LogP contribution in [0.4, 0.5) is 13.2 Å². The molecule has 0 aliphatic carbocycles. The highest BCUT2D eigenvalue weighted by atomic mass is 19.4. The molecule has 0 bridgehead atoms. The second-order valence-electron chi connectivity index (χ2n) is 5.69. The van der Waals surface area contributed by atoms with Crippen molar-refractivity contribution in [1.82, 2.24) is 4.98 Å². The van der Waals surface area contributed by atoms with E-state index in [1.807, 2.05) is 0 Å². The Hall–Kier alpha value is -3.29. The molecule has 1 aromatic heterocycles. The maximum Gasteiger partial charge on any atom is 0.417 e. The summed E-state index contributed by atoms with van der Waals surface area (Å²) in [5.41, 5.74) is -0.592. The zero-order valence-corrected chi connectivity index (χ0v) is 14.0. The standard InChI is InChI=1S/C19H14F3NO4/c1-11(18(24)25)26-12-5-7-13(8-6-12)27-17-10-9-14-15(19(20,21)22)3-2-4-16(14)23-17/h2-11H,1H3,(H,24,25)/t11-/m1/s1. The number of ether oxygens (including phenoxy) is 2. The van der Waals surface area contributed by atoms with Gasteiger partial charge >= 0.3 is 12.1 Å². The van der Waals surface area contributed by atoms with Crippen molar-refractivity contribution in [3.8, 4) is 17.4 Å². The molecule has 0 saturated heterocycles. The maximum atomic E-state index is 13.0. The molecule has 0 aliphatic heterocycles. The Morgan fingerprint density at radius 3 is 2.33 bits per heavy atom. The van der Waals surface area contributed by atoms with Crippen LogP contribution in [0.15, 0.2) is 54.6 Å². The predicted molar refractivity (Wildman–Crippen MR) is 91.0 cm³/mol. The largest absolute Gasteiger partial charge is 0.479 e. The van der Waals surface area contributed by atoms with Crippen LogP contribution in [0.5, 0.6) is 17.4 Å². The van der Waals surface area contributed by atoms with E-state index >= 15 is 0 Å². The summed E-state index contributed by atoms with van der Waals surface area (Å²) in [7, 11) is 0. The van der Waals surface area contributed by atoms with E-state index in [0.29, 0.717) is 11.5 Å². The second-order valence-corrected chi connectivity index (χ2v) is 5.69. The highest BCUT2D eigenvalue weighted by Gasteiger charge is 2.32. The number of carboxylic acid groups (broad SMARTS) is 1. The van der Waals surface area contributed by atoms with Crippen molar-refractivity contribution in [2.24, 2.45) is 0 Å². The lowest BCUT2D eigenvalue weighted by Gasteiger charge is -2.12. The fourth-order valence-electron chi connectivity index (χ4n) is 2.40. The average Bonchev–Trinajstić information content (AvgIpc) is 2.61. The van der Waals surface area contributed by atoms with Crippen molar-refractivity contribution >= 4 is 16.9 Å². The zero-order chi connectivity index (χ0) is 19.6. The topological polar surface area (TPSA) is 68.7 Å². The molecule has 0 unspecified atom stereocenters. The molecule has 0 spiro atoms. The van der Waals surface area contributed by atoms with E-state index < -0.39 is 23.8 Å². The summed E-state index contributed by atoms with van der Waals surface area (Å²) >= 11 is 0. The molecule has 0 saturated carbocycles. The van der Waals surface area contributed by atoms with Crippen LogP contribution in [0, 0.1) is 0 Å². The first-order valence-electron chi connectivity index (χ1n) is 7.88. The van der Waals surface area contributed by atoms with E-state index in [1.165, 1.54) is 43.3 Å². The van der Waals surface area contributed by atoms with Crippen molar-refractivity contribution in [2.45, 2.75) is 19.2 Å². The first-order chi connectivity index (χ1) is 12.7. The molecule has 1 atom stereocenters. The van der Waals surface area contributed by atoms with Gasteiger partial charge in [-0.15, -0.1) is 0 Å². The van der Waals surface area contributed by atoms with E-state index in [0.717, 1.165) is 6.07 Å². The molecule has 1 heterocycles. The van der Waals surface area contributed by atoms with Crippen LogP contribution in [0.25, 0.3) is 10.9 Å². The van der Waals surface area contributed by atoms with E-state index in [1.54, 1.807) is 12.1 Å². The summed E-state index contributed by atoms with van der Waals surface area (Å²) < 4.78 is 49.9. The van der Waals surface area contributed by atoms with Crippen LogP contribution < -0.4 is 9.47 Å². The predicted octanol–water partition coefficient (Wildman–Crippen LogP) is 4.90. The van der Waals surface area contributed by atoms with E-state index in [9.17, 15) is 18.0 Å². The van der Waals surface area contributed by atoms with Gasteiger partial charge in [-0.3, -0.25) is 0 Å². The third kappa shape index (κ3) is 4.28. The molecular formula is C19H14F3NO4. The number of alkyl halides is 3. The number of halogens is 3. The number of pyridine rings is 1. The monoisotopic (exact) mass is 377 g/mol. The molecule has 140 valence electrons. The Kier molecular flexibility index (Phi) is 4.89. The van der Waals surface area contributed by atoms with Gasteiger partial charge in [0.2, 0.25) is 5.88 Å². The lowest BCUT2D eigenvalue weighted by atomic mass is 10.1. The molecule has 0 fully saturated rings. The summed E-state index contributed by atoms with van der Waals surface area (Å²) in [6, 6.07) is 12.6. The van der Waals surface area contributed by atoms with Crippen LogP contribution in [0.1, 0.15) is 12.5 Å². The van der Waals surface area contributed by atoms with Crippen LogP contribution in [0.3, 0.4) is 0 Å². The molecule has 2 aromatic carbocycles. The average molecular weight is 377 g/mol. The van der Waals surface area contributed by atoms with E-state index in [2.05, 4.69) is 4.98 Å². The minimum absolute atomic E-state index is 0.0104. The number of hydrogen-bond donors (Lipinski definition) is 1. The first kappa shape index (κ1) is 18.5. The lowest BCUT2D eigenvalue weighted by Crippen LogP contribution is -2.22. The van der Waals surface area contributed by atoms with Gasteiger partial charge in [0.05, 0.1) is 11.1 Å². The number of nitrogens with zero attached hydrogens (tertiary/aromatic N) is 1. The quantitative estimate of drug-likeness (QED) is 0.685. The van der Waals surface area contributed by atoms with Gasteiger partial charge in [0, 0.05) is 11.5 Å². The maximum absolute atomic E-state index is 13.0. The van der Waals surface area contributed by atoms with Crippen LogP contribution >= 0.6 is 0 Å². The molecular weight excluding hydrogens is 363 g/mol.